The molecule has 18 aromatic carbocycles. The van der Waals surface area contributed by atoms with E-state index in [1.54, 1.807) is 0 Å². The molecule has 0 bridgehead atoms. The van der Waals surface area contributed by atoms with E-state index in [-0.39, 0.29) is 0 Å². The first kappa shape index (κ1) is 75.3. The van der Waals surface area contributed by atoms with Gasteiger partial charge in [0.1, 0.15) is 0 Å². The molecule has 0 unspecified atom stereocenters. The monoisotopic (exact) mass is 1600 g/mol. The molecular weight excluding hydrogens is 1530 g/mol. The standard InChI is InChI=1S/C40H26N2.2C39H25N3/c1-3-13-34-29(8-1)10-5-15-36(34)39-25-33(26-40(42-39)37-16-6-11-30-9-2-4-14-35(30)37)28-19-17-27(18-20-28)31-21-22-38-32(24-31)12-7-23-41-38;1-3-13-32-26(8-1)10-5-16-35(32)37-24-38(36-17-6-11-27-9-2-4-14-33(27)36)42-39(41-37)29-20-18-28(19-21-29)31-15-7-12-30-25-40-23-22-34(30)31;1-3-13-32-27(8-1)10-5-15-34(32)37-25-38(35-16-6-11-28-9-2-4-14-33(28)35)42-39(41-37)29-19-17-26(18-20-29)30-21-22-36-31(24-30)12-7-23-40-36/h1-26H;2*1-25H. The lowest BCUT2D eigenvalue weighted by molar-refractivity contribution is 1.19. The van der Waals surface area contributed by atoms with Gasteiger partial charge in [0.05, 0.1) is 45.2 Å². The first-order valence-electron chi connectivity index (χ1n) is 42.5. The van der Waals surface area contributed by atoms with E-state index in [4.69, 9.17) is 24.9 Å². The Bertz CT molecular complexity index is 7630. The molecule has 0 atom stereocenters. The third kappa shape index (κ3) is 14.9. The minimum atomic E-state index is 0.706. The number of nitrogens with zero attached hydrogens (tertiary/aromatic N) is 8. The van der Waals surface area contributed by atoms with E-state index in [9.17, 15) is 0 Å². The van der Waals surface area contributed by atoms with Gasteiger partial charge in [-0.2, -0.15) is 0 Å². The van der Waals surface area contributed by atoms with Gasteiger partial charge in [0.25, 0.3) is 0 Å². The molecule has 0 aliphatic carbocycles. The Morgan fingerprint density at radius 2 is 0.405 bits per heavy atom. The highest BCUT2D eigenvalue weighted by atomic mass is 14.9. The minimum absolute atomic E-state index is 0.706. The van der Waals surface area contributed by atoms with Crippen LogP contribution in [-0.2, 0) is 0 Å². The fourth-order valence-corrected chi connectivity index (χ4v) is 17.7. The molecule has 0 aliphatic heterocycles. The Morgan fingerprint density at radius 1 is 0.143 bits per heavy atom. The number of rotatable bonds is 12. The van der Waals surface area contributed by atoms with Gasteiger partial charge < -0.3 is 0 Å². The number of fused-ring (bicyclic) bond motifs is 9. The maximum Gasteiger partial charge on any atom is 0.160 e. The first-order chi connectivity index (χ1) is 62.4. The fourth-order valence-electron chi connectivity index (χ4n) is 17.7. The summed E-state index contributed by atoms with van der Waals surface area (Å²) in [7, 11) is 0. The predicted octanol–water partition coefficient (Wildman–Crippen LogP) is 30.6. The van der Waals surface area contributed by atoms with E-state index in [0.29, 0.717) is 11.6 Å². The van der Waals surface area contributed by atoms with E-state index < -0.39 is 0 Å². The lowest BCUT2D eigenvalue weighted by Gasteiger charge is -2.14. The van der Waals surface area contributed by atoms with Gasteiger partial charge in [-0.3, -0.25) is 15.0 Å². The highest BCUT2D eigenvalue weighted by Crippen LogP contribution is 2.42. The molecule has 8 nitrogen and oxygen atoms in total. The Morgan fingerprint density at radius 3 is 0.754 bits per heavy atom. The van der Waals surface area contributed by atoms with Crippen LogP contribution in [0.5, 0.6) is 0 Å². The molecule has 0 N–H and O–H groups in total. The summed E-state index contributed by atoms with van der Waals surface area (Å²) in [5.41, 5.74) is 25.5. The molecular formula is C118H76N8. The van der Waals surface area contributed by atoms with Gasteiger partial charge in [-0.05, 0) is 181 Å². The average molecular weight is 1610 g/mol. The zero-order valence-electron chi connectivity index (χ0n) is 68.5. The van der Waals surface area contributed by atoms with Crippen molar-refractivity contribution in [2.45, 2.75) is 0 Å². The second kappa shape index (κ2) is 33.2. The molecule has 126 heavy (non-hydrogen) atoms. The topological polar surface area (TPSA) is 103 Å². The zero-order chi connectivity index (χ0) is 83.6. The van der Waals surface area contributed by atoms with Crippen molar-refractivity contribution < 1.29 is 0 Å². The van der Waals surface area contributed by atoms with Crippen molar-refractivity contribution in [3.63, 3.8) is 0 Å². The maximum absolute atomic E-state index is 5.29. The van der Waals surface area contributed by atoms with Crippen LogP contribution in [0.25, 0.3) is 232 Å². The number of hydrogen-bond donors (Lipinski definition) is 0. The summed E-state index contributed by atoms with van der Waals surface area (Å²) >= 11 is 0. The Hall–Kier alpha value is -16.9. The molecule has 24 aromatic rings. The van der Waals surface area contributed by atoms with Crippen LogP contribution in [0, 0.1) is 0 Å². The van der Waals surface area contributed by atoms with Crippen molar-refractivity contribution in [3.05, 3.63) is 462 Å². The second-order valence-electron chi connectivity index (χ2n) is 31.7. The third-order valence-electron chi connectivity index (χ3n) is 24.0. The van der Waals surface area contributed by atoms with Crippen LogP contribution in [0.4, 0.5) is 0 Å². The fraction of sp³-hybridized carbons (Fsp3) is 0. The first-order valence-corrected chi connectivity index (χ1v) is 42.5. The Kier molecular flexibility index (Phi) is 19.9. The molecule has 0 saturated heterocycles. The van der Waals surface area contributed by atoms with E-state index >= 15 is 0 Å². The summed E-state index contributed by atoms with van der Waals surface area (Å²) < 4.78 is 0. The van der Waals surface area contributed by atoms with E-state index in [2.05, 4.69) is 440 Å². The number of benzene rings is 18. The molecule has 588 valence electrons. The lowest BCUT2D eigenvalue weighted by Crippen LogP contribution is -1.97. The molecule has 0 saturated carbocycles. The molecule has 8 heteroatoms. The number of aromatic nitrogens is 8. The van der Waals surface area contributed by atoms with Crippen molar-refractivity contribution >= 4 is 97.2 Å². The van der Waals surface area contributed by atoms with Crippen LogP contribution >= 0.6 is 0 Å². The van der Waals surface area contributed by atoms with Crippen molar-refractivity contribution in [3.8, 4) is 135 Å². The van der Waals surface area contributed by atoms with Crippen molar-refractivity contribution in [1.82, 2.24) is 39.9 Å². The second-order valence-corrected chi connectivity index (χ2v) is 31.7. The van der Waals surface area contributed by atoms with Gasteiger partial charge in [-0.1, -0.05) is 370 Å². The van der Waals surface area contributed by atoms with Crippen molar-refractivity contribution in [2.24, 2.45) is 0 Å². The normalized spacial score (nSPS) is 11.3. The Balaban J connectivity index is 0.000000112. The molecule has 0 amide bonds. The summed E-state index contributed by atoms with van der Waals surface area (Å²) in [6.07, 6.45) is 7.43. The summed E-state index contributed by atoms with van der Waals surface area (Å²) in [5, 5.41) is 18.9. The Labute approximate surface area is 728 Å². The highest BCUT2D eigenvalue weighted by molar-refractivity contribution is 6.05. The quantitative estimate of drug-likeness (QED) is 0.119. The van der Waals surface area contributed by atoms with Gasteiger partial charge in [0.15, 0.2) is 11.6 Å². The van der Waals surface area contributed by atoms with Crippen LogP contribution in [0.3, 0.4) is 0 Å². The maximum atomic E-state index is 5.29. The van der Waals surface area contributed by atoms with Gasteiger partial charge >= 0.3 is 0 Å². The number of hydrogen-bond acceptors (Lipinski definition) is 8. The summed E-state index contributed by atoms with van der Waals surface area (Å²) in [5.74, 6) is 1.41. The van der Waals surface area contributed by atoms with Crippen LogP contribution in [0.1, 0.15) is 0 Å². The summed E-state index contributed by atoms with van der Waals surface area (Å²) in [6, 6.07) is 154. The summed E-state index contributed by atoms with van der Waals surface area (Å²) in [6.45, 7) is 0. The van der Waals surface area contributed by atoms with E-state index in [1.807, 2.05) is 36.9 Å². The SMILES string of the molecule is c1cc(-c2ccc(-c3nc(-c4cccc5ccccc45)cc(-c4cccc5ccccc45)n3)cc2)c2ccncc2c1.c1cnc2ccc(-c3ccc(-c4cc(-c5cccc6ccccc56)nc(-c5cccc6ccccc56)c4)cc3)cc2c1.c1cnc2ccc(-c3ccc(-c4nc(-c5cccc6ccccc56)cc(-c5cccc6ccccc56)n4)cc3)cc2c1. The minimum Gasteiger partial charge on any atom is -0.264 e. The molecule has 6 heterocycles. The van der Waals surface area contributed by atoms with Gasteiger partial charge in [0.2, 0.25) is 0 Å². The van der Waals surface area contributed by atoms with Crippen LogP contribution < -0.4 is 0 Å². The highest BCUT2D eigenvalue weighted by Gasteiger charge is 2.20. The smallest absolute Gasteiger partial charge is 0.160 e. The van der Waals surface area contributed by atoms with E-state index in [0.717, 1.165) is 134 Å². The average Bonchev–Trinajstić information content (AvgIpc) is 0.766. The van der Waals surface area contributed by atoms with Crippen molar-refractivity contribution in [2.75, 3.05) is 0 Å². The predicted molar refractivity (Wildman–Crippen MR) is 524 cm³/mol. The van der Waals surface area contributed by atoms with Gasteiger partial charge in [-0.25, -0.2) is 24.9 Å². The zero-order valence-corrected chi connectivity index (χ0v) is 68.5. The van der Waals surface area contributed by atoms with Crippen LogP contribution in [0.15, 0.2) is 462 Å². The molecule has 6 aromatic heterocycles. The molecule has 0 spiro atoms. The van der Waals surface area contributed by atoms with Crippen LogP contribution in [0.2, 0.25) is 0 Å². The summed E-state index contributed by atoms with van der Waals surface area (Å²) in [4.78, 5) is 39.1. The van der Waals surface area contributed by atoms with Crippen LogP contribution in [-0.4, -0.2) is 39.9 Å². The van der Waals surface area contributed by atoms with Gasteiger partial charge in [-0.15, -0.1) is 0 Å². The van der Waals surface area contributed by atoms with E-state index in [1.165, 1.54) is 86.7 Å². The molecule has 0 aliphatic rings. The lowest BCUT2D eigenvalue weighted by atomic mass is 9.94. The molecule has 24 rings (SSSR count). The molecule has 0 fully saturated rings. The largest absolute Gasteiger partial charge is 0.264 e. The third-order valence-corrected chi connectivity index (χ3v) is 24.0. The number of pyridine rings is 4. The molecule has 0 radical (unpaired) electrons. The van der Waals surface area contributed by atoms with Gasteiger partial charge in [0, 0.05) is 85.5 Å². The van der Waals surface area contributed by atoms with Crippen molar-refractivity contribution in [1.29, 1.82) is 0 Å².